The zero-order valence-electron chi connectivity index (χ0n) is 12.4. The van der Waals surface area contributed by atoms with Crippen LogP contribution in [0.2, 0.25) is 0 Å². The number of aryl methyl sites for hydroxylation is 2. The molecule has 5 nitrogen and oxygen atoms in total. The van der Waals surface area contributed by atoms with Crippen molar-refractivity contribution in [3.63, 3.8) is 0 Å². The molecule has 1 atom stereocenters. The van der Waals surface area contributed by atoms with Gasteiger partial charge in [-0.1, -0.05) is 19.0 Å². The topological polar surface area (TPSA) is 78.1 Å². The van der Waals surface area contributed by atoms with Crippen molar-refractivity contribution in [1.82, 2.24) is 10.1 Å². The van der Waals surface area contributed by atoms with Gasteiger partial charge < -0.3 is 14.7 Å². The Morgan fingerprint density at radius 3 is 2.70 bits per heavy atom. The van der Waals surface area contributed by atoms with Gasteiger partial charge >= 0.3 is 0 Å². The van der Waals surface area contributed by atoms with Gasteiger partial charge in [-0.25, -0.2) is 0 Å². The quantitative estimate of drug-likeness (QED) is 0.840. The lowest BCUT2D eigenvalue weighted by Crippen LogP contribution is -2.15. The smallest absolute Gasteiger partial charge is 0.238 e. The fraction of sp³-hybridized carbons (Fsp3) is 0.600. The summed E-state index contributed by atoms with van der Waals surface area (Å²) < 4.78 is 10.7. The van der Waals surface area contributed by atoms with E-state index in [1.807, 2.05) is 13.0 Å². The highest BCUT2D eigenvalue weighted by molar-refractivity contribution is 5.50. The first-order chi connectivity index (χ1) is 9.61. The molecule has 0 saturated heterocycles. The van der Waals surface area contributed by atoms with Crippen molar-refractivity contribution < 1.29 is 8.94 Å². The van der Waals surface area contributed by atoms with Crippen molar-refractivity contribution in [2.24, 2.45) is 17.6 Å². The molecule has 2 aromatic heterocycles. The fourth-order valence-corrected chi connectivity index (χ4v) is 2.38. The maximum Gasteiger partial charge on any atom is 0.238 e. The molecule has 0 radical (unpaired) electrons. The number of aromatic nitrogens is 2. The van der Waals surface area contributed by atoms with Gasteiger partial charge in [0.25, 0.3) is 0 Å². The van der Waals surface area contributed by atoms with Crippen LogP contribution in [0.5, 0.6) is 0 Å². The molecule has 0 aromatic carbocycles. The van der Waals surface area contributed by atoms with Crippen LogP contribution in [-0.4, -0.2) is 16.7 Å². The van der Waals surface area contributed by atoms with E-state index in [1.165, 1.54) is 0 Å². The van der Waals surface area contributed by atoms with E-state index in [9.17, 15) is 0 Å². The van der Waals surface area contributed by atoms with Gasteiger partial charge in [0.05, 0.1) is 6.26 Å². The Labute approximate surface area is 119 Å². The van der Waals surface area contributed by atoms with Crippen LogP contribution in [0.3, 0.4) is 0 Å². The van der Waals surface area contributed by atoms with Crippen molar-refractivity contribution in [1.29, 1.82) is 0 Å². The van der Waals surface area contributed by atoms with Gasteiger partial charge in [0, 0.05) is 6.42 Å². The number of rotatable bonds is 7. The summed E-state index contributed by atoms with van der Waals surface area (Å²) in [5.74, 6) is 3.09. The monoisotopic (exact) mass is 277 g/mol. The SMILES string of the molecule is Cc1ccoc1-c1noc(CCC(CCN)C(C)C)n1. The van der Waals surface area contributed by atoms with E-state index in [2.05, 4.69) is 24.0 Å². The third-order valence-corrected chi connectivity index (χ3v) is 3.74. The second kappa shape index (κ2) is 6.70. The highest BCUT2D eigenvalue weighted by Gasteiger charge is 2.17. The normalized spacial score (nSPS) is 13.1. The van der Waals surface area contributed by atoms with E-state index in [-0.39, 0.29) is 0 Å². The van der Waals surface area contributed by atoms with E-state index >= 15 is 0 Å². The minimum atomic E-state index is 0.530. The fourth-order valence-electron chi connectivity index (χ4n) is 2.38. The Morgan fingerprint density at radius 1 is 1.30 bits per heavy atom. The Hall–Kier alpha value is -1.62. The van der Waals surface area contributed by atoms with Crippen molar-refractivity contribution in [3.8, 4) is 11.6 Å². The molecule has 0 fully saturated rings. The third kappa shape index (κ3) is 3.48. The minimum Gasteiger partial charge on any atom is -0.461 e. The van der Waals surface area contributed by atoms with Gasteiger partial charge in [0.2, 0.25) is 11.7 Å². The van der Waals surface area contributed by atoms with Crippen LogP contribution in [0.25, 0.3) is 11.6 Å². The van der Waals surface area contributed by atoms with Crippen LogP contribution >= 0.6 is 0 Å². The molecule has 5 heteroatoms. The molecular formula is C15H23N3O2. The van der Waals surface area contributed by atoms with E-state index in [0.717, 1.165) is 31.4 Å². The van der Waals surface area contributed by atoms with Crippen LogP contribution in [0.15, 0.2) is 21.3 Å². The second-order valence-electron chi connectivity index (χ2n) is 5.56. The Balaban J connectivity index is 1.98. The van der Waals surface area contributed by atoms with Crippen molar-refractivity contribution in [2.45, 2.75) is 40.0 Å². The Kier molecular flexibility index (Phi) is 4.95. The standard InChI is InChI=1S/C15H23N3O2/c1-10(2)12(6-8-16)4-5-13-17-15(18-20-13)14-11(3)7-9-19-14/h7,9-10,12H,4-6,8,16H2,1-3H3. The first-order valence-corrected chi connectivity index (χ1v) is 7.19. The molecule has 0 aliphatic carbocycles. The van der Waals surface area contributed by atoms with Crippen LogP contribution in [0, 0.1) is 18.8 Å². The maximum absolute atomic E-state index is 5.66. The van der Waals surface area contributed by atoms with Gasteiger partial charge in [-0.05, 0) is 49.8 Å². The molecule has 2 heterocycles. The summed E-state index contributed by atoms with van der Waals surface area (Å²) in [5.41, 5.74) is 6.67. The second-order valence-corrected chi connectivity index (χ2v) is 5.56. The predicted molar refractivity (Wildman–Crippen MR) is 77.1 cm³/mol. The molecule has 0 amide bonds. The van der Waals surface area contributed by atoms with Crippen LogP contribution in [0.4, 0.5) is 0 Å². The summed E-state index contributed by atoms with van der Waals surface area (Å²) in [6.45, 7) is 7.14. The first kappa shape index (κ1) is 14.8. The molecule has 110 valence electrons. The molecule has 0 aliphatic heterocycles. The summed E-state index contributed by atoms with van der Waals surface area (Å²) in [6, 6.07) is 1.89. The molecule has 2 N–H and O–H groups in total. The number of furan rings is 1. The van der Waals surface area contributed by atoms with Gasteiger partial charge in [-0.2, -0.15) is 4.98 Å². The van der Waals surface area contributed by atoms with Gasteiger partial charge in [-0.3, -0.25) is 0 Å². The maximum atomic E-state index is 5.66. The van der Waals surface area contributed by atoms with E-state index in [0.29, 0.717) is 29.3 Å². The van der Waals surface area contributed by atoms with Crippen molar-refractivity contribution >= 4 is 0 Å². The molecule has 0 spiro atoms. The summed E-state index contributed by atoms with van der Waals surface area (Å²) in [6.07, 6.45) is 4.48. The Morgan fingerprint density at radius 2 is 2.10 bits per heavy atom. The van der Waals surface area contributed by atoms with Gasteiger partial charge in [0.1, 0.15) is 0 Å². The zero-order valence-corrected chi connectivity index (χ0v) is 12.4. The number of nitrogens with two attached hydrogens (primary N) is 1. The largest absolute Gasteiger partial charge is 0.461 e. The summed E-state index contributed by atoms with van der Waals surface area (Å²) in [5, 5.41) is 3.98. The minimum absolute atomic E-state index is 0.530. The van der Waals surface area contributed by atoms with Crippen LogP contribution in [-0.2, 0) is 6.42 Å². The third-order valence-electron chi connectivity index (χ3n) is 3.74. The molecule has 1 unspecified atom stereocenters. The number of hydrogen-bond acceptors (Lipinski definition) is 5. The molecule has 20 heavy (non-hydrogen) atoms. The molecule has 2 rings (SSSR count). The predicted octanol–water partition coefficient (Wildman–Crippen LogP) is 3.19. The van der Waals surface area contributed by atoms with E-state index in [1.54, 1.807) is 6.26 Å². The van der Waals surface area contributed by atoms with Crippen LogP contribution < -0.4 is 5.73 Å². The average molecular weight is 277 g/mol. The van der Waals surface area contributed by atoms with Crippen LogP contribution in [0.1, 0.15) is 38.1 Å². The van der Waals surface area contributed by atoms with Crippen molar-refractivity contribution in [3.05, 3.63) is 23.8 Å². The van der Waals surface area contributed by atoms with Gasteiger partial charge in [0.15, 0.2) is 5.76 Å². The zero-order chi connectivity index (χ0) is 14.5. The summed E-state index contributed by atoms with van der Waals surface area (Å²) in [7, 11) is 0. The highest BCUT2D eigenvalue weighted by atomic mass is 16.5. The average Bonchev–Trinajstić information content (AvgIpc) is 3.02. The lowest BCUT2D eigenvalue weighted by atomic mass is 9.88. The lowest BCUT2D eigenvalue weighted by Gasteiger charge is -2.18. The lowest BCUT2D eigenvalue weighted by molar-refractivity contribution is 0.313. The number of nitrogens with zero attached hydrogens (tertiary/aromatic N) is 2. The molecule has 2 aromatic rings. The number of hydrogen-bond donors (Lipinski definition) is 1. The Bertz CT molecular complexity index is 531. The first-order valence-electron chi connectivity index (χ1n) is 7.19. The molecule has 0 saturated carbocycles. The van der Waals surface area contributed by atoms with E-state index < -0.39 is 0 Å². The molecular weight excluding hydrogens is 254 g/mol. The molecule has 0 aliphatic rings. The van der Waals surface area contributed by atoms with E-state index in [4.69, 9.17) is 14.7 Å². The van der Waals surface area contributed by atoms with Crippen molar-refractivity contribution in [2.75, 3.05) is 6.54 Å². The molecule has 0 bridgehead atoms. The highest BCUT2D eigenvalue weighted by Crippen LogP contribution is 2.23. The summed E-state index contributed by atoms with van der Waals surface area (Å²) >= 11 is 0. The summed E-state index contributed by atoms with van der Waals surface area (Å²) in [4.78, 5) is 4.40. The van der Waals surface area contributed by atoms with Gasteiger partial charge in [-0.15, -0.1) is 0 Å².